The molecule has 7 heteroatoms. The van der Waals surface area contributed by atoms with Crippen LogP contribution in [-0.2, 0) is 20.6 Å². The molecule has 2 aromatic heterocycles. The summed E-state index contributed by atoms with van der Waals surface area (Å²) in [5, 5.41) is 0. The van der Waals surface area contributed by atoms with E-state index in [1.807, 2.05) is 4.57 Å². The minimum atomic E-state index is -0.338. The van der Waals surface area contributed by atoms with Crippen LogP contribution >= 0.6 is 7.92 Å². The first kappa shape index (κ1) is 15.0. The number of rotatable bonds is 5. The first-order valence-corrected chi connectivity index (χ1v) is 9.11. The van der Waals surface area contributed by atoms with Crippen LogP contribution in [0.3, 0.4) is 0 Å². The number of hydrogen-bond acceptors (Lipinski definition) is 3. The van der Waals surface area contributed by atoms with E-state index in [0.717, 1.165) is 24.0 Å². The fourth-order valence-corrected chi connectivity index (χ4v) is 3.13. The molecule has 0 saturated heterocycles. The van der Waals surface area contributed by atoms with Gasteiger partial charge in [-0.1, -0.05) is 0 Å². The number of fused-ring (bicyclic) bond motifs is 1. The minimum absolute atomic E-state index is 0.139. The molecule has 0 aliphatic rings. The molecule has 2 heterocycles. The van der Waals surface area contributed by atoms with Crippen molar-refractivity contribution in [2.45, 2.75) is 19.4 Å². The van der Waals surface area contributed by atoms with Crippen molar-refractivity contribution in [2.24, 2.45) is 14.1 Å². The number of nitrogens with zero attached hydrogens (tertiary/aromatic N) is 4. The second kappa shape index (κ2) is 5.92. The first-order valence-electron chi connectivity index (χ1n) is 6.69. The zero-order valence-electron chi connectivity index (χ0n) is 12.5. The van der Waals surface area contributed by atoms with Crippen LogP contribution in [0.4, 0.5) is 0 Å². The van der Waals surface area contributed by atoms with E-state index in [0.29, 0.717) is 11.2 Å². The molecule has 0 aliphatic carbocycles. The van der Waals surface area contributed by atoms with Crippen LogP contribution in [0.25, 0.3) is 11.2 Å². The van der Waals surface area contributed by atoms with E-state index in [-0.39, 0.29) is 19.2 Å². The van der Waals surface area contributed by atoms with E-state index < -0.39 is 0 Å². The summed E-state index contributed by atoms with van der Waals surface area (Å²) in [6.45, 7) is 5.31. The van der Waals surface area contributed by atoms with Crippen LogP contribution in [0, 0.1) is 0 Å². The fraction of sp³-hybridized carbons (Fsp3) is 0.615. The molecular formula is C13H21N4O2P. The maximum absolute atomic E-state index is 12.2. The van der Waals surface area contributed by atoms with Crippen molar-refractivity contribution in [3.05, 3.63) is 27.2 Å². The lowest BCUT2D eigenvalue weighted by molar-refractivity contribution is 0.640. The van der Waals surface area contributed by atoms with Gasteiger partial charge in [0.05, 0.1) is 6.33 Å². The Kier molecular flexibility index (Phi) is 4.43. The number of hydrogen-bond donors (Lipinski definition) is 0. The lowest BCUT2D eigenvalue weighted by Gasteiger charge is -2.07. The Hall–Kier alpha value is -1.42. The maximum Gasteiger partial charge on any atom is 0.332 e. The summed E-state index contributed by atoms with van der Waals surface area (Å²) in [7, 11) is 3.28. The molecule has 6 nitrogen and oxygen atoms in total. The van der Waals surface area contributed by atoms with Gasteiger partial charge in [-0.25, -0.2) is 9.78 Å². The van der Waals surface area contributed by atoms with Crippen LogP contribution < -0.4 is 11.2 Å². The van der Waals surface area contributed by atoms with Crippen LogP contribution in [0.1, 0.15) is 12.8 Å². The highest BCUT2D eigenvalue weighted by atomic mass is 31.1. The summed E-state index contributed by atoms with van der Waals surface area (Å²) in [4.78, 5) is 28.3. The van der Waals surface area contributed by atoms with Crippen molar-refractivity contribution in [3.63, 3.8) is 0 Å². The van der Waals surface area contributed by atoms with E-state index in [1.165, 1.54) is 17.8 Å². The van der Waals surface area contributed by atoms with E-state index in [4.69, 9.17) is 0 Å². The number of aromatic nitrogens is 4. The molecule has 0 radical (unpaired) electrons. The molecule has 0 fully saturated rings. The summed E-state index contributed by atoms with van der Waals surface area (Å²) in [6.07, 6.45) is 5.09. The third-order valence-electron chi connectivity index (χ3n) is 3.47. The summed E-state index contributed by atoms with van der Waals surface area (Å²) in [6, 6.07) is 0. The Balaban J connectivity index is 2.33. The van der Waals surface area contributed by atoms with Gasteiger partial charge in [-0.3, -0.25) is 13.9 Å². The highest BCUT2D eigenvalue weighted by Crippen LogP contribution is 2.25. The lowest BCUT2D eigenvalue weighted by atomic mass is 10.3. The third-order valence-corrected chi connectivity index (χ3v) is 4.68. The molecule has 0 N–H and O–H groups in total. The SMILES string of the molecule is Cn1c(=O)c2c(ncn2CCCCP(C)C)n(C)c1=O. The van der Waals surface area contributed by atoms with Gasteiger partial charge in [0.25, 0.3) is 5.56 Å². The van der Waals surface area contributed by atoms with Gasteiger partial charge in [0.15, 0.2) is 11.2 Å². The molecule has 20 heavy (non-hydrogen) atoms. The predicted molar refractivity (Wildman–Crippen MR) is 83.1 cm³/mol. The molecule has 2 aromatic rings. The van der Waals surface area contributed by atoms with E-state index in [2.05, 4.69) is 18.3 Å². The quantitative estimate of drug-likeness (QED) is 0.610. The van der Waals surface area contributed by atoms with Gasteiger partial charge in [-0.15, -0.1) is 7.92 Å². The number of aryl methyl sites for hydroxylation is 2. The Labute approximate surface area is 118 Å². The van der Waals surface area contributed by atoms with Crippen molar-refractivity contribution in [1.82, 2.24) is 18.7 Å². The highest BCUT2D eigenvalue weighted by molar-refractivity contribution is 7.55. The Morgan fingerprint density at radius 2 is 1.85 bits per heavy atom. The van der Waals surface area contributed by atoms with Gasteiger partial charge < -0.3 is 4.57 Å². The lowest BCUT2D eigenvalue weighted by Crippen LogP contribution is -2.37. The molecule has 0 aliphatic heterocycles. The monoisotopic (exact) mass is 296 g/mol. The summed E-state index contributed by atoms with van der Waals surface area (Å²) >= 11 is 0. The number of unbranched alkanes of at least 4 members (excludes halogenated alkanes) is 1. The molecular weight excluding hydrogens is 275 g/mol. The van der Waals surface area contributed by atoms with Gasteiger partial charge >= 0.3 is 5.69 Å². The standard InChI is InChI=1S/C13H21N4O2P/c1-15-11-10(12(18)16(2)13(15)19)17(9-14-11)7-5-6-8-20(3)4/h9H,5-8H2,1-4H3. The topological polar surface area (TPSA) is 61.8 Å². The van der Waals surface area contributed by atoms with E-state index >= 15 is 0 Å². The van der Waals surface area contributed by atoms with E-state index in [1.54, 1.807) is 13.4 Å². The second-order valence-corrected chi connectivity index (χ2v) is 7.93. The first-order chi connectivity index (χ1) is 9.43. The zero-order valence-corrected chi connectivity index (χ0v) is 13.4. The molecule has 0 aromatic carbocycles. The molecule has 0 bridgehead atoms. The molecule has 0 atom stereocenters. The predicted octanol–water partition coefficient (Wildman–Crippen LogP) is 0.955. The molecule has 0 spiro atoms. The average Bonchev–Trinajstić information content (AvgIpc) is 2.82. The zero-order chi connectivity index (χ0) is 14.9. The van der Waals surface area contributed by atoms with Crippen LogP contribution in [0.5, 0.6) is 0 Å². The van der Waals surface area contributed by atoms with Gasteiger partial charge in [0.2, 0.25) is 0 Å². The average molecular weight is 296 g/mol. The molecule has 0 saturated carbocycles. The summed E-state index contributed by atoms with van der Waals surface area (Å²) in [5.41, 5.74) is 0.375. The highest BCUT2D eigenvalue weighted by Gasteiger charge is 2.13. The second-order valence-electron chi connectivity index (χ2n) is 5.33. The smallest absolute Gasteiger partial charge is 0.325 e. The summed E-state index contributed by atoms with van der Waals surface area (Å²) < 4.78 is 4.42. The molecule has 0 amide bonds. The minimum Gasteiger partial charge on any atom is -0.325 e. The normalized spacial score (nSPS) is 11.7. The van der Waals surface area contributed by atoms with Crippen molar-refractivity contribution in [3.8, 4) is 0 Å². The van der Waals surface area contributed by atoms with Crippen LogP contribution in [0.2, 0.25) is 0 Å². The van der Waals surface area contributed by atoms with Crippen LogP contribution in [0.15, 0.2) is 15.9 Å². The number of imidazole rings is 1. The third kappa shape index (κ3) is 2.70. The Morgan fingerprint density at radius 3 is 2.50 bits per heavy atom. The maximum atomic E-state index is 12.2. The van der Waals surface area contributed by atoms with Crippen molar-refractivity contribution in [2.75, 3.05) is 19.5 Å². The molecule has 110 valence electrons. The van der Waals surface area contributed by atoms with Gasteiger partial charge in [-0.05, 0) is 32.3 Å². The van der Waals surface area contributed by atoms with Crippen LogP contribution in [-0.4, -0.2) is 38.2 Å². The molecule has 2 rings (SSSR count). The summed E-state index contributed by atoms with van der Waals surface area (Å²) in [5.74, 6) is 0. The largest absolute Gasteiger partial charge is 0.332 e. The van der Waals surface area contributed by atoms with Gasteiger partial charge in [0.1, 0.15) is 0 Å². The van der Waals surface area contributed by atoms with Crippen molar-refractivity contribution < 1.29 is 0 Å². The van der Waals surface area contributed by atoms with Crippen molar-refractivity contribution in [1.29, 1.82) is 0 Å². The van der Waals surface area contributed by atoms with Gasteiger partial charge in [-0.2, -0.15) is 0 Å². The Bertz CT molecular complexity index is 726. The Morgan fingerprint density at radius 1 is 1.15 bits per heavy atom. The fourth-order valence-electron chi connectivity index (χ4n) is 2.28. The van der Waals surface area contributed by atoms with E-state index in [9.17, 15) is 9.59 Å². The van der Waals surface area contributed by atoms with Crippen molar-refractivity contribution >= 4 is 19.1 Å². The van der Waals surface area contributed by atoms with Gasteiger partial charge in [0, 0.05) is 20.6 Å². The molecule has 0 unspecified atom stereocenters.